The summed E-state index contributed by atoms with van der Waals surface area (Å²) in [5, 5.41) is 17.8. The molecule has 6 nitrogen and oxygen atoms in total. The Morgan fingerprint density at radius 3 is 2.72 bits per heavy atom. The summed E-state index contributed by atoms with van der Waals surface area (Å²) in [4.78, 5) is 10.2. The molecule has 1 atom stereocenters. The fourth-order valence-corrected chi connectivity index (χ4v) is 1.83. The fourth-order valence-electron chi connectivity index (χ4n) is 1.83. The Bertz CT molecular complexity index is 524. The van der Waals surface area contributed by atoms with Gasteiger partial charge in [-0.15, -0.1) is 0 Å². The van der Waals surface area contributed by atoms with E-state index >= 15 is 0 Å². The Labute approximate surface area is 104 Å². The lowest BCUT2D eigenvalue weighted by Gasteiger charge is -2.17. The van der Waals surface area contributed by atoms with Crippen molar-refractivity contribution in [1.82, 2.24) is 15.1 Å². The molecular weight excluding hydrogens is 232 g/mol. The minimum Gasteiger partial charge on any atom is -0.317 e. The highest BCUT2D eigenvalue weighted by Crippen LogP contribution is 2.19. The van der Waals surface area contributed by atoms with Gasteiger partial charge in [0.1, 0.15) is 12.4 Å². The summed E-state index contributed by atoms with van der Waals surface area (Å²) in [6, 6.07) is 9.73. The van der Waals surface area contributed by atoms with Crippen LogP contribution < -0.4 is 5.32 Å². The van der Waals surface area contributed by atoms with Crippen LogP contribution in [0.2, 0.25) is 0 Å². The SMILES string of the molecule is CNCC(c1ccccc1)n1cc([N+](=O)[O-])cn1. The van der Waals surface area contributed by atoms with Crippen molar-refractivity contribution in [2.45, 2.75) is 6.04 Å². The Hall–Kier alpha value is -2.21. The molecule has 0 fully saturated rings. The number of rotatable bonds is 5. The maximum atomic E-state index is 10.7. The van der Waals surface area contributed by atoms with Gasteiger partial charge in [0, 0.05) is 6.54 Å². The molecule has 0 aliphatic heterocycles. The normalized spacial score (nSPS) is 12.3. The predicted molar refractivity (Wildman–Crippen MR) is 67.4 cm³/mol. The number of aromatic nitrogens is 2. The Balaban J connectivity index is 2.32. The lowest BCUT2D eigenvalue weighted by Crippen LogP contribution is -2.23. The molecule has 0 radical (unpaired) electrons. The molecule has 1 heterocycles. The molecular formula is C12H14N4O2. The summed E-state index contributed by atoms with van der Waals surface area (Å²) >= 11 is 0. The van der Waals surface area contributed by atoms with Gasteiger partial charge in [0.25, 0.3) is 0 Å². The van der Waals surface area contributed by atoms with Crippen molar-refractivity contribution in [2.75, 3.05) is 13.6 Å². The number of nitro groups is 1. The first-order chi connectivity index (χ1) is 8.72. The second kappa shape index (κ2) is 5.42. The highest BCUT2D eigenvalue weighted by Gasteiger charge is 2.17. The summed E-state index contributed by atoms with van der Waals surface area (Å²) in [6.45, 7) is 0.656. The average Bonchev–Trinajstić information content (AvgIpc) is 2.86. The summed E-state index contributed by atoms with van der Waals surface area (Å²) in [6.07, 6.45) is 2.72. The van der Waals surface area contributed by atoms with E-state index < -0.39 is 4.92 Å². The molecule has 18 heavy (non-hydrogen) atoms. The monoisotopic (exact) mass is 246 g/mol. The van der Waals surface area contributed by atoms with Gasteiger partial charge in [0.15, 0.2) is 0 Å². The lowest BCUT2D eigenvalue weighted by molar-refractivity contribution is -0.385. The van der Waals surface area contributed by atoms with Crippen LogP contribution in [-0.4, -0.2) is 28.3 Å². The first kappa shape index (κ1) is 12.3. The molecule has 0 spiro atoms. The van der Waals surface area contributed by atoms with E-state index in [1.165, 1.54) is 12.4 Å². The highest BCUT2D eigenvalue weighted by molar-refractivity contribution is 5.25. The summed E-state index contributed by atoms with van der Waals surface area (Å²) < 4.78 is 1.62. The largest absolute Gasteiger partial charge is 0.317 e. The number of nitrogens with one attached hydrogen (secondary N) is 1. The summed E-state index contributed by atoms with van der Waals surface area (Å²) in [5.74, 6) is 0. The van der Waals surface area contributed by atoms with Crippen molar-refractivity contribution in [3.63, 3.8) is 0 Å². The zero-order valence-corrected chi connectivity index (χ0v) is 9.98. The first-order valence-corrected chi connectivity index (χ1v) is 5.60. The molecule has 0 aliphatic carbocycles. The van der Waals surface area contributed by atoms with Gasteiger partial charge in [-0.1, -0.05) is 30.3 Å². The fraction of sp³-hybridized carbons (Fsp3) is 0.250. The van der Waals surface area contributed by atoms with Crippen molar-refractivity contribution in [1.29, 1.82) is 0 Å². The Morgan fingerprint density at radius 2 is 2.17 bits per heavy atom. The summed E-state index contributed by atoms with van der Waals surface area (Å²) in [7, 11) is 1.84. The van der Waals surface area contributed by atoms with Crippen LogP contribution in [0.3, 0.4) is 0 Å². The third kappa shape index (κ3) is 2.54. The van der Waals surface area contributed by atoms with Crippen molar-refractivity contribution in [3.05, 3.63) is 58.4 Å². The van der Waals surface area contributed by atoms with E-state index in [0.29, 0.717) is 6.54 Å². The minimum atomic E-state index is -0.440. The Morgan fingerprint density at radius 1 is 1.44 bits per heavy atom. The summed E-state index contributed by atoms with van der Waals surface area (Å²) in [5.41, 5.74) is 1.07. The van der Waals surface area contributed by atoms with Gasteiger partial charge in [0.05, 0.1) is 11.0 Å². The van der Waals surface area contributed by atoms with Crippen LogP contribution in [0.1, 0.15) is 11.6 Å². The van der Waals surface area contributed by atoms with Crippen LogP contribution in [0, 0.1) is 10.1 Å². The topological polar surface area (TPSA) is 73.0 Å². The second-order valence-electron chi connectivity index (χ2n) is 3.92. The molecule has 0 bridgehead atoms. The van der Waals surface area contributed by atoms with Crippen LogP contribution in [0.15, 0.2) is 42.7 Å². The number of hydrogen-bond acceptors (Lipinski definition) is 4. The molecule has 2 rings (SSSR count). The van der Waals surface area contributed by atoms with Crippen molar-refractivity contribution < 1.29 is 4.92 Å². The maximum absolute atomic E-state index is 10.7. The molecule has 0 saturated carbocycles. The van der Waals surface area contributed by atoms with Gasteiger partial charge >= 0.3 is 5.69 Å². The number of benzene rings is 1. The zero-order chi connectivity index (χ0) is 13.0. The standard InChI is InChI=1S/C12H14N4O2/c1-13-8-12(10-5-3-2-4-6-10)15-9-11(7-14-15)16(17)18/h2-7,9,12-13H,8H2,1H3. The van der Waals surface area contributed by atoms with E-state index in [1.54, 1.807) is 4.68 Å². The number of nitrogens with zero attached hydrogens (tertiary/aromatic N) is 3. The van der Waals surface area contributed by atoms with Gasteiger partial charge in [-0.05, 0) is 12.6 Å². The van der Waals surface area contributed by atoms with E-state index in [0.717, 1.165) is 5.56 Å². The molecule has 0 saturated heterocycles. The molecule has 1 N–H and O–H groups in total. The molecule has 1 aromatic carbocycles. The van der Waals surface area contributed by atoms with E-state index in [-0.39, 0.29) is 11.7 Å². The number of hydrogen-bond donors (Lipinski definition) is 1. The van der Waals surface area contributed by atoms with Gasteiger partial charge in [0.2, 0.25) is 0 Å². The minimum absolute atomic E-state index is 0.00651. The first-order valence-electron chi connectivity index (χ1n) is 5.60. The van der Waals surface area contributed by atoms with Crippen LogP contribution in [0.25, 0.3) is 0 Å². The highest BCUT2D eigenvalue weighted by atomic mass is 16.6. The van der Waals surface area contributed by atoms with Gasteiger partial charge in [-0.2, -0.15) is 5.10 Å². The lowest BCUT2D eigenvalue weighted by atomic mass is 10.1. The van der Waals surface area contributed by atoms with Crippen LogP contribution in [-0.2, 0) is 0 Å². The number of likely N-dealkylation sites (N-methyl/N-ethyl adjacent to an activating group) is 1. The molecule has 1 unspecified atom stereocenters. The van der Waals surface area contributed by atoms with Crippen LogP contribution in [0.5, 0.6) is 0 Å². The maximum Gasteiger partial charge on any atom is 0.307 e. The van der Waals surface area contributed by atoms with E-state index in [9.17, 15) is 10.1 Å². The molecule has 94 valence electrons. The quantitative estimate of drug-likeness (QED) is 0.642. The Kier molecular flexibility index (Phi) is 3.69. The predicted octanol–water partition coefficient (Wildman–Crippen LogP) is 1.60. The van der Waals surface area contributed by atoms with E-state index in [4.69, 9.17) is 0 Å². The molecule has 2 aromatic rings. The van der Waals surface area contributed by atoms with Crippen LogP contribution in [0.4, 0.5) is 5.69 Å². The van der Waals surface area contributed by atoms with Crippen molar-refractivity contribution in [3.8, 4) is 0 Å². The van der Waals surface area contributed by atoms with Gasteiger partial charge in [-0.25, -0.2) is 0 Å². The third-order valence-corrected chi connectivity index (χ3v) is 2.70. The molecule has 0 amide bonds. The van der Waals surface area contributed by atoms with Crippen LogP contribution >= 0.6 is 0 Å². The van der Waals surface area contributed by atoms with Crippen molar-refractivity contribution in [2.24, 2.45) is 0 Å². The molecule has 0 aliphatic rings. The third-order valence-electron chi connectivity index (χ3n) is 2.70. The average molecular weight is 246 g/mol. The van der Waals surface area contributed by atoms with Gasteiger partial charge < -0.3 is 5.32 Å². The van der Waals surface area contributed by atoms with Gasteiger partial charge in [-0.3, -0.25) is 14.8 Å². The van der Waals surface area contributed by atoms with Crippen molar-refractivity contribution >= 4 is 5.69 Å². The zero-order valence-electron chi connectivity index (χ0n) is 9.98. The molecule has 6 heteroatoms. The molecule has 1 aromatic heterocycles. The second-order valence-corrected chi connectivity index (χ2v) is 3.92. The smallest absolute Gasteiger partial charge is 0.307 e. The van der Waals surface area contributed by atoms with E-state index in [2.05, 4.69) is 10.4 Å². The van der Waals surface area contributed by atoms with E-state index in [1.807, 2.05) is 37.4 Å².